The van der Waals surface area contributed by atoms with Crippen LogP contribution in [0.1, 0.15) is 39.5 Å². The normalized spacial score (nSPS) is 47.8. The monoisotopic (exact) mass is 198 g/mol. The summed E-state index contributed by atoms with van der Waals surface area (Å²) in [6, 6.07) is 0. The third-order valence-corrected chi connectivity index (χ3v) is 4.25. The highest BCUT2D eigenvalue weighted by Gasteiger charge is 2.41. The number of epoxide rings is 1. The molecule has 1 N–H and O–H groups in total. The van der Waals surface area contributed by atoms with Crippen LogP contribution in [0, 0.1) is 17.3 Å². The first-order valence-corrected chi connectivity index (χ1v) is 5.88. The summed E-state index contributed by atoms with van der Waals surface area (Å²) in [7, 11) is 0. The quantitative estimate of drug-likeness (QED) is 0.705. The van der Waals surface area contributed by atoms with Gasteiger partial charge in [-0.05, 0) is 42.9 Å². The SMILES string of the molecule is CC1CCC(CO)(CC2CO2)CC1C. The standard InChI is InChI=1S/C12H22O2/c1-9-3-4-12(8-13,5-10(9)2)6-11-7-14-11/h9-11,13H,3-8H2,1-2H3. The Hall–Kier alpha value is -0.0800. The van der Waals surface area contributed by atoms with Crippen LogP contribution in [0.5, 0.6) is 0 Å². The molecular formula is C12H22O2. The summed E-state index contributed by atoms with van der Waals surface area (Å²) in [6.07, 6.45) is 5.19. The highest BCUT2D eigenvalue weighted by Crippen LogP contribution is 2.46. The van der Waals surface area contributed by atoms with Gasteiger partial charge in [0.25, 0.3) is 0 Å². The fraction of sp³-hybridized carbons (Fsp3) is 1.00. The Kier molecular flexibility index (Phi) is 2.85. The Balaban J connectivity index is 1.96. The molecule has 4 unspecified atom stereocenters. The topological polar surface area (TPSA) is 32.8 Å². The predicted molar refractivity (Wildman–Crippen MR) is 56.1 cm³/mol. The second kappa shape index (κ2) is 3.82. The number of hydrogen-bond acceptors (Lipinski definition) is 2. The molecule has 0 spiro atoms. The maximum Gasteiger partial charge on any atom is 0.0816 e. The Bertz CT molecular complexity index is 200. The lowest BCUT2D eigenvalue weighted by molar-refractivity contribution is 0.0256. The van der Waals surface area contributed by atoms with Crippen molar-refractivity contribution in [3.8, 4) is 0 Å². The van der Waals surface area contributed by atoms with E-state index < -0.39 is 0 Å². The van der Waals surface area contributed by atoms with E-state index in [0.717, 1.165) is 24.9 Å². The average molecular weight is 198 g/mol. The first kappa shape index (κ1) is 10.4. The van der Waals surface area contributed by atoms with Gasteiger partial charge in [0.2, 0.25) is 0 Å². The minimum Gasteiger partial charge on any atom is -0.396 e. The van der Waals surface area contributed by atoms with Gasteiger partial charge in [0, 0.05) is 6.61 Å². The van der Waals surface area contributed by atoms with Crippen LogP contribution >= 0.6 is 0 Å². The molecule has 2 fully saturated rings. The zero-order valence-electron chi connectivity index (χ0n) is 9.33. The van der Waals surface area contributed by atoms with Crippen molar-refractivity contribution in [1.29, 1.82) is 0 Å². The lowest BCUT2D eigenvalue weighted by atomic mass is 9.65. The Morgan fingerprint density at radius 2 is 2.07 bits per heavy atom. The smallest absolute Gasteiger partial charge is 0.0816 e. The summed E-state index contributed by atoms with van der Waals surface area (Å²) in [6.45, 7) is 5.93. The van der Waals surface area contributed by atoms with E-state index in [1.165, 1.54) is 19.3 Å². The third-order valence-electron chi connectivity index (χ3n) is 4.25. The van der Waals surface area contributed by atoms with Gasteiger partial charge in [-0.15, -0.1) is 0 Å². The largest absolute Gasteiger partial charge is 0.396 e. The molecule has 1 aliphatic heterocycles. The number of ether oxygens (including phenoxy) is 1. The van der Waals surface area contributed by atoms with Crippen LogP contribution in [0.3, 0.4) is 0 Å². The minimum atomic E-state index is 0.188. The van der Waals surface area contributed by atoms with E-state index in [0.29, 0.717) is 12.7 Å². The van der Waals surface area contributed by atoms with E-state index in [-0.39, 0.29) is 5.41 Å². The van der Waals surface area contributed by atoms with Gasteiger partial charge in [-0.2, -0.15) is 0 Å². The summed E-state index contributed by atoms with van der Waals surface area (Å²) in [5.41, 5.74) is 0.188. The van der Waals surface area contributed by atoms with Crippen molar-refractivity contribution >= 4 is 0 Å². The highest BCUT2D eigenvalue weighted by molar-refractivity contribution is 4.91. The molecule has 0 aromatic carbocycles. The van der Waals surface area contributed by atoms with Gasteiger partial charge >= 0.3 is 0 Å². The molecule has 4 atom stereocenters. The zero-order valence-corrected chi connectivity index (χ0v) is 9.33. The number of aliphatic hydroxyl groups is 1. The second-order valence-electron chi connectivity index (χ2n) is 5.51. The summed E-state index contributed by atoms with van der Waals surface area (Å²) < 4.78 is 5.29. The van der Waals surface area contributed by atoms with Crippen LogP contribution < -0.4 is 0 Å². The van der Waals surface area contributed by atoms with E-state index in [1.807, 2.05) is 0 Å². The molecule has 1 aliphatic carbocycles. The molecule has 1 saturated heterocycles. The molecule has 0 aromatic heterocycles. The summed E-state index contributed by atoms with van der Waals surface area (Å²) in [5.74, 6) is 1.59. The Labute approximate surface area is 86.6 Å². The first-order chi connectivity index (χ1) is 6.65. The molecule has 2 rings (SSSR count). The number of hydrogen-bond donors (Lipinski definition) is 1. The molecule has 2 heteroatoms. The van der Waals surface area contributed by atoms with Crippen molar-refractivity contribution in [2.45, 2.75) is 45.6 Å². The van der Waals surface area contributed by atoms with Gasteiger partial charge in [0.1, 0.15) is 0 Å². The van der Waals surface area contributed by atoms with Crippen LogP contribution in [0.25, 0.3) is 0 Å². The van der Waals surface area contributed by atoms with Gasteiger partial charge in [-0.3, -0.25) is 0 Å². The van der Waals surface area contributed by atoms with Gasteiger partial charge in [-0.25, -0.2) is 0 Å². The molecule has 0 bridgehead atoms. The van der Waals surface area contributed by atoms with Crippen LogP contribution in [0.4, 0.5) is 0 Å². The molecule has 1 heterocycles. The van der Waals surface area contributed by atoms with Crippen molar-refractivity contribution in [2.75, 3.05) is 13.2 Å². The molecule has 2 nitrogen and oxygen atoms in total. The summed E-state index contributed by atoms with van der Waals surface area (Å²) in [4.78, 5) is 0. The average Bonchev–Trinajstić information content (AvgIpc) is 2.96. The van der Waals surface area contributed by atoms with Gasteiger partial charge < -0.3 is 9.84 Å². The van der Waals surface area contributed by atoms with Gasteiger partial charge in [0.15, 0.2) is 0 Å². The molecule has 0 aromatic rings. The first-order valence-electron chi connectivity index (χ1n) is 5.88. The minimum absolute atomic E-state index is 0.188. The molecule has 0 amide bonds. The van der Waals surface area contributed by atoms with Crippen molar-refractivity contribution in [3.05, 3.63) is 0 Å². The molecule has 1 saturated carbocycles. The predicted octanol–water partition coefficient (Wildman–Crippen LogP) is 2.21. The number of rotatable bonds is 3. The van der Waals surface area contributed by atoms with Gasteiger partial charge in [0.05, 0.1) is 12.7 Å². The molecule has 82 valence electrons. The van der Waals surface area contributed by atoms with Crippen molar-refractivity contribution in [2.24, 2.45) is 17.3 Å². The molecule has 14 heavy (non-hydrogen) atoms. The molecule has 0 radical (unpaired) electrons. The Morgan fingerprint density at radius 3 is 2.57 bits per heavy atom. The fourth-order valence-corrected chi connectivity index (χ4v) is 2.87. The van der Waals surface area contributed by atoms with E-state index >= 15 is 0 Å². The lowest BCUT2D eigenvalue weighted by Crippen LogP contribution is -2.36. The lowest BCUT2D eigenvalue weighted by Gasteiger charge is -2.41. The van der Waals surface area contributed by atoms with Crippen molar-refractivity contribution in [1.82, 2.24) is 0 Å². The van der Waals surface area contributed by atoms with Crippen molar-refractivity contribution in [3.63, 3.8) is 0 Å². The molecular weight excluding hydrogens is 176 g/mol. The molecule has 2 aliphatic rings. The van der Waals surface area contributed by atoms with E-state index in [1.54, 1.807) is 0 Å². The maximum absolute atomic E-state index is 9.57. The van der Waals surface area contributed by atoms with Crippen LogP contribution in [0.2, 0.25) is 0 Å². The zero-order chi connectivity index (χ0) is 10.2. The maximum atomic E-state index is 9.57. The van der Waals surface area contributed by atoms with Crippen LogP contribution in [0.15, 0.2) is 0 Å². The van der Waals surface area contributed by atoms with Crippen LogP contribution in [-0.4, -0.2) is 24.4 Å². The second-order valence-corrected chi connectivity index (χ2v) is 5.51. The summed E-state index contributed by atoms with van der Waals surface area (Å²) in [5, 5.41) is 9.57. The highest BCUT2D eigenvalue weighted by atomic mass is 16.6. The van der Waals surface area contributed by atoms with Crippen LogP contribution in [-0.2, 0) is 4.74 Å². The van der Waals surface area contributed by atoms with E-state index in [4.69, 9.17) is 4.74 Å². The summed E-state index contributed by atoms with van der Waals surface area (Å²) >= 11 is 0. The Morgan fingerprint density at radius 1 is 1.36 bits per heavy atom. The van der Waals surface area contributed by atoms with Gasteiger partial charge in [-0.1, -0.05) is 13.8 Å². The van der Waals surface area contributed by atoms with Crippen molar-refractivity contribution < 1.29 is 9.84 Å². The third kappa shape index (κ3) is 2.12. The fourth-order valence-electron chi connectivity index (χ4n) is 2.87. The number of aliphatic hydroxyl groups excluding tert-OH is 1. The van der Waals surface area contributed by atoms with E-state index in [2.05, 4.69) is 13.8 Å². The van der Waals surface area contributed by atoms with E-state index in [9.17, 15) is 5.11 Å².